The lowest BCUT2D eigenvalue weighted by Gasteiger charge is -2.02. The number of nitrogens with zero attached hydrogens (tertiary/aromatic N) is 1. The number of hydrogen-bond donors (Lipinski definition) is 3. The van der Waals surface area contributed by atoms with Crippen molar-refractivity contribution in [1.82, 2.24) is 11.6 Å². The quantitative estimate of drug-likeness (QED) is 0.386. The second kappa shape index (κ2) is 20.4. The van der Waals surface area contributed by atoms with E-state index in [9.17, 15) is 0 Å². The summed E-state index contributed by atoms with van der Waals surface area (Å²) in [7, 11) is 1.76. The standard InChI is InChI=1S/C16H19N3.2C2H6.H3N/c1-3-15(10-7-13-17)16(19-18-2)12-11-14-8-5-4-6-9-14;2*1-2;/h3-13,18H,1,17H2,2H3;2*1-2H3;1H3/b12-11+,13-7-,15-10+,19-16+;;;. The van der Waals surface area contributed by atoms with Crippen molar-refractivity contribution >= 4 is 11.8 Å². The second-order valence-corrected chi connectivity index (χ2v) is 3.68. The molecule has 24 heavy (non-hydrogen) atoms. The average molecular weight is 331 g/mol. The maximum absolute atomic E-state index is 5.34. The van der Waals surface area contributed by atoms with Crippen molar-refractivity contribution in [3.05, 3.63) is 78.6 Å². The molecule has 0 atom stereocenters. The van der Waals surface area contributed by atoms with Crippen LogP contribution in [0, 0.1) is 0 Å². The molecule has 0 heterocycles. The molecule has 0 aliphatic heterocycles. The summed E-state index contributed by atoms with van der Waals surface area (Å²) in [6, 6.07) is 10.0. The highest BCUT2D eigenvalue weighted by Crippen LogP contribution is 2.06. The van der Waals surface area contributed by atoms with Gasteiger partial charge in [0.2, 0.25) is 0 Å². The van der Waals surface area contributed by atoms with Gasteiger partial charge in [-0.05, 0) is 23.9 Å². The van der Waals surface area contributed by atoms with E-state index in [4.69, 9.17) is 5.73 Å². The summed E-state index contributed by atoms with van der Waals surface area (Å²) in [6.45, 7) is 11.8. The Morgan fingerprint density at radius 3 is 2.17 bits per heavy atom. The Labute approximate surface area is 148 Å². The summed E-state index contributed by atoms with van der Waals surface area (Å²) in [5.41, 5.74) is 10.9. The summed E-state index contributed by atoms with van der Waals surface area (Å²) in [4.78, 5) is 0. The smallest absolute Gasteiger partial charge is 0.0901 e. The Kier molecular flexibility index (Phi) is 22.4. The van der Waals surface area contributed by atoms with Crippen LogP contribution in [0.3, 0.4) is 0 Å². The van der Waals surface area contributed by atoms with Gasteiger partial charge in [-0.15, -0.1) is 0 Å². The minimum absolute atomic E-state index is 0. The van der Waals surface area contributed by atoms with Gasteiger partial charge in [0.25, 0.3) is 0 Å². The van der Waals surface area contributed by atoms with Gasteiger partial charge in [0.05, 0.1) is 5.71 Å². The zero-order valence-corrected chi connectivity index (χ0v) is 15.8. The van der Waals surface area contributed by atoms with Crippen LogP contribution < -0.4 is 17.3 Å². The number of allylic oxidation sites excluding steroid dienone is 5. The van der Waals surface area contributed by atoms with E-state index < -0.39 is 0 Å². The Hall–Kier alpha value is -2.59. The molecule has 134 valence electrons. The first-order valence-corrected chi connectivity index (χ1v) is 8.00. The molecular formula is C20H34N4. The normalized spacial score (nSPS) is 10.9. The highest BCUT2D eigenvalue weighted by Gasteiger charge is 1.98. The van der Waals surface area contributed by atoms with E-state index in [0.29, 0.717) is 0 Å². The molecule has 0 saturated carbocycles. The van der Waals surface area contributed by atoms with Crippen LogP contribution >= 0.6 is 0 Å². The van der Waals surface area contributed by atoms with E-state index in [2.05, 4.69) is 17.1 Å². The highest BCUT2D eigenvalue weighted by molar-refractivity contribution is 6.12. The van der Waals surface area contributed by atoms with Crippen LogP contribution in [0.15, 0.2) is 78.1 Å². The van der Waals surface area contributed by atoms with E-state index in [-0.39, 0.29) is 6.15 Å². The van der Waals surface area contributed by atoms with Gasteiger partial charge in [0, 0.05) is 12.6 Å². The summed E-state index contributed by atoms with van der Waals surface area (Å²) in [6.07, 6.45) is 10.8. The van der Waals surface area contributed by atoms with Crippen molar-refractivity contribution in [2.45, 2.75) is 27.7 Å². The summed E-state index contributed by atoms with van der Waals surface area (Å²) < 4.78 is 0. The van der Waals surface area contributed by atoms with Crippen molar-refractivity contribution in [1.29, 1.82) is 0 Å². The lowest BCUT2D eigenvalue weighted by molar-refractivity contribution is 0.903. The van der Waals surface area contributed by atoms with Gasteiger partial charge in [0.15, 0.2) is 0 Å². The van der Waals surface area contributed by atoms with Crippen molar-refractivity contribution in [3.8, 4) is 0 Å². The fourth-order valence-corrected chi connectivity index (χ4v) is 1.48. The Morgan fingerprint density at radius 1 is 1.12 bits per heavy atom. The first-order valence-electron chi connectivity index (χ1n) is 8.00. The molecule has 0 aliphatic carbocycles. The van der Waals surface area contributed by atoms with Gasteiger partial charge in [0.1, 0.15) is 0 Å². The third-order valence-corrected chi connectivity index (χ3v) is 2.37. The number of nitrogens with one attached hydrogen (secondary N) is 1. The fourth-order valence-electron chi connectivity index (χ4n) is 1.48. The van der Waals surface area contributed by atoms with E-state index in [1.807, 2.05) is 76.3 Å². The molecule has 0 aliphatic rings. The average Bonchev–Trinajstić information content (AvgIpc) is 2.64. The lowest BCUT2D eigenvalue weighted by atomic mass is 10.1. The number of benzene rings is 1. The van der Waals surface area contributed by atoms with Crippen molar-refractivity contribution < 1.29 is 0 Å². The first-order chi connectivity index (χ1) is 11.3. The van der Waals surface area contributed by atoms with Crippen molar-refractivity contribution in [2.75, 3.05) is 7.05 Å². The summed E-state index contributed by atoms with van der Waals surface area (Å²) >= 11 is 0. The predicted octanol–water partition coefficient (Wildman–Crippen LogP) is 5.07. The Bertz CT molecular complexity index is 512. The monoisotopic (exact) mass is 330 g/mol. The first kappa shape index (κ1) is 26.3. The van der Waals surface area contributed by atoms with Gasteiger partial charge in [-0.2, -0.15) is 5.10 Å². The molecular weight excluding hydrogens is 296 g/mol. The summed E-state index contributed by atoms with van der Waals surface area (Å²) in [5.74, 6) is 0. The van der Waals surface area contributed by atoms with Crippen LogP contribution in [0.5, 0.6) is 0 Å². The Morgan fingerprint density at radius 2 is 1.71 bits per heavy atom. The molecule has 0 saturated heterocycles. The third kappa shape index (κ3) is 12.0. The fraction of sp³-hybridized carbons (Fsp3) is 0.250. The molecule has 0 radical (unpaired) electrons. The van der Waals surface area contributed by atoms with Crippen LogP contribution in [-0.4, -0.2) is 12.8 Å². The third-order valence-electron chi connectivity index (χ3n) is 2.37. The second-order valence-electron chi connectivity index (χ2n) is 3.68. The van der Waals surface area contributed by atoms with Gasteiger partial charge in [-0.3, -0.25) is 0 Å². The highest BCUT2D eigenvalue weighted by atomic mass is 15.3. The van der Waals surface area contributed by atoms with Gasteiger partial charge in [-0.25, -0.2) is 0 Å². The zero-order valence-electron chi connectivity index (χ0n) is 15.8. The van der Waals surface area contributed by atoms with E-state index in [1.165, 1.54) is 6.20 Å². The molecule has 0 bridgehead atoms. The molecule has 4 nitrogen and oxygen atoms in total. The van der Waals surface area contributed by atoms with Crippen molar-refractivity contribution in [2.24, 2.45) is 10.8 Å². The maximum Gasteiger partial charge on any atom is 0.0901 e. The maximum atomic E-state index is 5.34. The van der Waals surface area contributed by atoms with Crippen LogP contribution in [0.2, 0.25) is 0 Å². The van der Waals surface area contributed by atoms with Crippen molar-refractivity contribution in [3.63, 3.8) is 0 Å². The molecule has 0 spiro atoms. The Balaban J connectivity index is -0.000000817. The molecule has 0 amide bonds. The minimum Gasteiger partial charge on any atom is -0.405 e. The number of hydrogen-bond acceptors (Lipinski definition) is 4. The molecule has 0 aromatic heterocycles. The molecule has 6 N–H and O–H groups in total. The van der Waals surface area contributed by atoms with Gasteiger partial charge < -0.3 is 17.3 Å². The molecule has 0 fully saturated rings. The zero-order chi connectivity index (χ0) is 17.9. The van der Waals surface area contributed by atoms with Crippen LogP contribution in [0.1, 0.15) is 33.3 Å². The van der Waals surface area contributed by atoms with Gasteiger partial charge in [-0.1, -0.05) is 82.8 Å². The van der Waals surface area contributed by atoms with E-state index >= 15 is 0 Å². The van der Waals surface area contributed by atoms with E-state index in [1.54, 1.807) is 19.2 Å². The minimum atomic E-state index is 0. The number of nitrogens with two attached hydrogens (primary N) is 1. The van der Waals surface area contributed by atoms with Crippen LogP contribution in [-0.2, 0) is 0 Å². The molecule has 4 heteroatoms. The molecule has 1 aromatic rings. The summed E-state index contributed by atoms with van der Waals surface area (Å²) in [5, 5.41) is 4.23. The van der Waals surface area contributed by atoms with Crippen LogP contribution in [0.4, 0.5) is 0 Å². The lowest BCUT2D eigenvalue weighted by Crippen LogP contribution is -2.04. The van der Waals surface area contributed by atoms with Gasteiger partial charge >= 0.3 is 0 Å². The molecule has 1 rings (SSSR count). The SMILES string of the molecule is C=CC(=C\C=C/N)/C(/C=C/c1ccccc1)=N/NC.CC.CC.N. The topological polar surface area (TPSA) is 85.4 Å². The van der Waals surface area contributed by atoms with E-state index in [0.717, 1.165) is 16.8 Å². The van der Waals surface area contributed by atoms with Crippen LogP contribution in [0.25, 0.3) is 6.08 Å². The number of hydrazone groups is 1. The largest absolute Gasteiger partial charge is 0.405 e. The molecule has 0 unspecified atom stereocenters. The predicted molar refractivity (Wildman–Crippen MR) is 111 cm³/mol. The molecule has 1 aromatic carbocycles. The number of rotatable bonds is 6.